The van der Waals surface area contributed by atoms with Crippen molar-refractivity contribution in [2.24, 2.45) is 11.5 Å². The van der Waals surface area contributed by atoms with Crippen LogP contribution in [0.2, 0.25) is 0 Å². The molecule has 3 aliphatic heterocycles. The molecule has 4 unspecified atom stereocenters. The summed E-state index contributed by atoms with van der Waals surface area (Å²) in [6.45, 7) is 4.40. The third-order valence-electron chi connectivity index (χ3n) is 14.6. The predicted octanol–water partition coefficient (Wildman–Crippen LogP) is 3.33. The number of imide groups is 2. The minimum Gasteiger partial charge on any atom is -0.508 e. The summed E-state index contributed by atoms with van der Waals surface area (Å²) in [5.41, 5.74) is 9.27. The van der Waals surface area contributed by atoms with E-state index in [0.717, 1.165) is 5.69 Å². The Morgan fingerprint density at radius 2 is 0.950 bits per heavy atom. The van der Waals surface area contributed by atoms with Crippen LogP contribution in [0.1, 0.15) is 87.5 Å². The summed E-state index contributed by atoms with van der Waals surface area (Å²) < 4.78 is 0. The fourth-order valence-corrected chi connectivity index (χ4v) is 12.6. The summed E-state index contributed by atoms with van der Waals surface area (Å²) in [6, 6.07) is 20.1. The Labute approximate surface area is 346 Å². The topological polar surface area (TPSA) is 249 Å². The molecule has 0 spiro atoms. The second kappa shape index (κ2) is 14.6. The van der Waals surface area contributed by atoms with E-state index in [1.807, 2.05) is 60.7 Å². The molecular weight excluding hydrogens is 771 g/mol. The Balaban J connectivity index is 1.27. The maximum atomic E-state index is 14.8. The normalized spacial score (nSPS) is 31.9. The third kappa shape index (κ3) is 5.78. The number of rotatable bonds is 11. The van der Waals surface area contributed by atoms with Gasteiger partial charge in [0.1, 0.15) is 16.8 Å². The van der Waals surface area contributed by atoms with E-state index in [9.17, 15) is 44.1 Å². The Kier molecular flexibility index (Phi) is 9.93. The number of benzene rings is 3. The van der Waals surface area contributed by atoms with E-state index >= 15 is 0 Å². The Bertz CT molecular complexity index is 2120. The number of likely N-dealkylation sites (tertiary alicyclic amines) is 2. The molecule has 60 heavy (non-hydrogen) atoms. The number of phenolic OH excluding ortho intramolecular Hbond substituents is 1. The van der Waals surface area contributed by atoms with Crippen LogP contribution in [0, 0.1) is 0 Å². The van der Waals surface area contributed by atoms with E-state index in [2.05, 4.69) is 25.3 Å². The zero-order chi connectivity index (χ0) is 42.9. The number of nitrogens with two attached hydrogens (primary N) is 2. The monoisotopic (exact) mass is 821 g/mol. The van der Waals surface area contributed by atoms with Gasteiger partial charge in [-0.2, -0.15) is 0 Å². The minimum atomic E-state index is -1.64. The van der Waals surface area contributed by atoms with Crippen LogP contribution in [-0.4, -0.2) is 98.2 Å². The first-order valence-electron chi connectivity index (χ1n) is 20.5. The van der Waals surface area contributed by atoms with E-state index in [-0.39, 0.29) is 42.8 Å². The SMILES string of the molecule is CC1(CC(N)=O)c2ccc(cc2)[C@]1(C(=O)NC(=O)O)N1CCCC1[C@H]1CC[C@H](C2CCCN2[C@@]2(C(=O)NC(=O)O)c3ccc(cc3)C2(C)CC(N)=O)N1c1ccc(O)cc1. The lowest BCUT2D eigenvalue weighted by atomic mass is 9.56. The summed E-state index contributed by atoms with van der Waals surface area (Å²) in [6.07, 6.45) is 0.289. The van der Waals surface area contributed by atoms with Gasteiger partial charge in [0.05, 0.1) is 0 Å². The summed E-state index contributed by atoms with van der Waals surface area (Å²) in [7, 11) is 0. The van der Waals surface area contributed by atoms with Gasteiger partial charge in [-0.25, -0.2) is 9.59 Å². The number of amides is 6. The van der Waals surface area contributed by atoms with Crippen molar-refractivity contribution in [3.05, 3.63) is 95.1 Å². The van der Waals surface area contributed by atoms with Crippen LogP contribution in [0.25, 0.3) is 0 Å². The molecule has 3 aromatic rings. The van der Waals surface area contributed by atoms with Crippen molar-refractivity contribution in [3.8, 4) is 5.75 Å². The summed E-state index contributed by atoms with van der Waals surface area (Å²) in [4.78, 5) is 86.3. The first-order chi connectivity index (χ1) is 28.5. The van der Waals surface area contributed by atoms with Crippen molar-refractivity contribution in [2.45, 2.75) is 111 Å². The van der Waals surface area contributed by atoms with Gasteiger partial charge in [-0.3, -0.25) is 39.6 Å². The molecule has 10 rings (SSSR count). The summed E-state index contributed by atoms with van der Waals surface area (Å²) in [5.74, 6) is -2.77. The molecule has 316 valence electrons. The highest BCUT2D eigenvalue weighted by Crippen LogP contribution is 2.58. The molecule has 0 saturated carbocycles. The summed E-state index contributed by atoms with van der Waals surface area (Å²) in [5, 5.41) is 34.8. The quantitative estimate of drug-likeness (QED) is 0.147. The average molecular weight is 822 g/mol. The number of nitrogens with one attached hydrogen (secondary N) is 2. The number of carbonyl (C=O) groups is 6. The molecule has 4 aliphatic carbocycles. The average Bonchev–Trinajstić information content (AvgIpc) is 3.95. The number of phenols is 1. The van der Waals surface area contributed by atoms with E-state index in [1.165, 1.54) is 0 Å². The van der Waals surface area contributed by atoms with Crippen LogP contribution in [0.3, 0.4) is 0 Å². The molecule has 16 heteroatoms. The molecular formula is C44H51N7O9. The zero-order valence-electron chi connectivity index (χ0n) is 33.6. The highest BCUT2D eigenvalue weighted by atomic mass is 16.4. The fraction of sp³-hybridized carbons (Fsp3) is 0.455. The molecule has 3 heterocycles. The van der Waals surface area contributed by atoms with Gasteiger partial charge < -0.3 is 31.7 Å². The Morgan fingerprint density at radius 3 is 1.30 bits per heavy atom. The lowest BCUT2D eigenvalue weighted by molar-refractivity contribution is -0.144. The first-order valence-corrected chi connectivity index (χ1v) is 20.5. The van der Waals surface area contributed by atoms with Crippen LogP contribution in [0.4, 0.5) is 15.3 Å². The van der Waals surface area contributed by atoms with E-state index in [0.29, 0.717) is 73.9 Å². The highest BCUT2D eigenvalue weighted by Gasteiger charge is 2.67. The molecule has 6 amide bonds. The molecule has 3 aromatic carbocycles. The van der Waals surface area contributed by atoms with Gasteiger partial charge in [0.25, 0.3) is 11.8 Å². The van der Waals surface area contributed by atoms with Gasteiger partial charge in [0, 0.05) is 53.5 Å². The number of fused-ring (bicyclic) bond motifs is 6. The van der Waals surface area contributed by atoms with Crippen molar-refractivity contribution >= 4 is 41.5 Å². The van der Waals surface area contributed by atoms with Crippen LogP contribution in [-0.2, 0) is 41.1 Å². The number of hydrogen-bond acceptors (Lipinski definition) is 10. The van der Waals surface area contributed by atoms with Gasteiger partial charge in [0.2, 0.25) is 11.8 Å². The van der Waals surface area contributed by atoms with Gasteiger partial charge in [-0.1, -0.05) is 62.4 Å². The lowest BCUT2D eigenvalue weighted by Crippen LogP contribution is -2.72. The van der Waals surface area contributed by atoms with Crippen LogP contribution < -0.4 is 27.0 Å². The van der Waals surface area contributed by atoms with Gasteiger partial charge in [-0.05, 0) is 98.1 Å². The standard InChI is InChI=1S/C44H51N7O9/c1-41(23-35(45)53)25-7-11-27(12-8-25)43(41,37(55)47-39(57)58)49-21-3-5-31(49)33-19-20-34(51(33)29-15-17-30(52)18-16-29)32-6-4-22-50(32)44(38(56)48-40(59)60)28-13-9-26(10-14-28)42(44,2)24-36(46)54/h7-18,31-34,52H,3-6,19-24H2,1-2H3,(H2,45,53)(H2,46,54)(H,47,55)(H,48,56)(H,57,58)(H,59,60)/t31?,32?,33-,34-,41?,42?,43-,44-/m1/s1. The van der Waals surface area contributed by atoms with E-state index in [4.69, 9.17) is 11.5 Å². The van der Waals surface area contributed by atoms with Crippen molar-refractivity contribution in [2.75, 3.05) is 18.0 Å². The second-order valence-corrected chi connectivity index (χ2v) is 17.5. The largest absolute Gasteiger partial charge is 0.508 e. The van der Waals surface area contributed by atoms with Crippen LogP contribution >= 0.6 is 0 Å². The predicted molar refractivity (Wildman–Crippen MR) is 218 cm³/mol. The van der Waals surface area contributed by atoms with Crippen LogP contribution in [0.5, 0.6) is 5.75 Å². The molecule has 3 fully saturated rings. The molecule has 0 radical (unpaired) electrons. The molecule has 16 nitrogen and oxygen atoms in total. The summed E-state index contributed by atoms with van der Waals surface area (Å²) >= 11 is 0. The fourth-order valence-electron chi connectivity index (χ4n) is 12.6. The van der Waals surface area contributed by atoms with E-state index < -0.39 is 57.7 Å². The number of primary amides is 2. The smallest absolute Gasteiger partial charge is 0.411 e. The van der Waals surface area contributed by atoms with Crippen molar-refractivity contribution in [1.82, 2.24) is 20.4 Å². The molecule has 4 bridgehead atoms. The maximum absolute atomic E-state index is 14.8. The minimum absolute atomic E-state index is 0.0597. The first kappa shape index (κ1) is 40.8. The second-order valence-electron chi connectivity index (χ2n) is 17.5. The third-order valence-corrected chi connectivity index (χ3v) is 14.6. The van der Waals surface area contributed by atoms with Gasteiger partial charge >= 0.3 is 12.2 Å². The highest BCUT2D eigenvalue weighted by molar-refractivity contribution is 6.01. The van der Waals surface area contributed by atoms with Crippen molar-refractivity contribution in [1.29, 1.82) is 0 Å². The molecule has 9 N–H and O–H groups in total. The molecule has 3 saturated heterocycles. The van der Waals surface area contributed by atoms with Gasteiger partial charge in [-0.15, -0.1) is 0 Å². The zero-order valence-corrected chi connectivity index (χ0v) is 33.6. The molecule has 0 aromatic heterocycles. The lowest BCUT2D eigenvalue weighted by Gasteiger charge is -2.58. The van der Waals surface area contributed by atoms with Crippen molar-refractivity contribution in [3.63, 3.8) is 0 Å². The number of hydrogen-bond donors (Lipinski definition) is 7. The number of carboxylic acid groups (broad SMARTS) is 2. The number of anilines is 1. The number of carbonyl (C=O) groups excluding carboxylic acids is 4. The van der Waals surface area contributed by atoms with Gasteiger partial charge in [0.15, 0.2) is 0 Å². The maximum Gasteiger partial charge on any atom is 0.411 e. The molecule has 7 aliphatic rings. The Hall–Kier alpha value is -6.00. The van der Waals surface area contributed by atoms with Crippen LogP contribution in [0.15, 0.2) is 72.8 Å². The number of nitrogens with zero attached hydrogens (tertiary/aromatic N) is 3. The molecule has 8 atom stereocenters. The Morgan fingerprint density at radius 1 is 0.583 bits per heavy atom. The number of aromatic hydroxyl groups is 1. The van der Waals surface area contributed by atoms with E-state index in [1.54, 1.807) is 26.0 Å². The van der Waals surface area contributed by atoms with Crippen molar-refractivity contribution < 1.29 is 44.1 Å².